The number of nitrogens with zero attached hydrogens (tertiary/aromatic N) is 3. The summed E-state index contributed by atoms with van der Waals surface area (Å²) in [5.74, 6) is -3.68. The molecule has 0 unspecified atom stereocenters. The molecule has 4 aliphatic rings. The summed E-state index contributed by atoms with van der Waals surface area (Å²) in [6.45, 7) is 22.1. The molecule has 23 heteroatoms. The number of nitrogens with one attached hydrogen (secondary N) is 7. The molecule has 2 aromatic carbocycles. The van der Waals surface area contributed by atoms with Gasteiger partial charge >= 0.3 is 42.0 Å². The molecule has 79 heavy (non-hydrogen) atoms. The number of urea groups is 2. The molecule has 0 aliphatic carbocycles. The van der Waals surface area contributed by atoms with Crippen molar-refractivity contribution in [2.75, 3.05) is 125 Å². The number of aliphatic hydroxyl groups is 1. The van der Waals surface area contributed by atoms with E-state index in [1.807, 2.05) is 20.8 Å². The van der Waals surface area contributed by atoms with Crippen LogP contribution in [0.15, 0.2) is 93.6 Å². The van der Waals surface area contributed by atoms with Crippen LogP contribution in [0.25, 0.3) is 0 Å². The summed E-state index contributed by atoms with van der Waals surface area (Å²) in [7, 11) is 6.17. The van der Waals surface area contributed by atoms with Crippen molar-refractivity contribution in [1.82, 2.24) is 41.3 Å². The van der Waals surface area contributed by atoms with Crippen LogP contribution in [0.3, 0.4) is 0 Å². The van der Waals surface area contributed by atoms with Crippen molar-refractivity contribution >= 4 is 53.4 Å². The van der Waals surface area contributed by atoms with E-state index in [2.05, 4.69) is 47.0 Å². The first-order chi connectivity index (χ1) is 37.7. The van der Waals surface area contributed by atoms with Gasteiger partial charge in [0.15, 0.2) is 0 Å². The molecular formula is C56H82N10O13. The maximum absolute atomic E-state index is 12.7. The summed E-state index contributed by atoms with van der Waals surface area (Å²) in [5, 5.41) is 27.9. The number of aliphatic hydroxyl groups excluding tert-OH is 1. The van der Waals surface area contributed by atoms with Gasteiger partial charge < -0.3 is 75.8 Å². The van der Waals surface area contributed by atoms with E-state index in [1.165, 1.54) is 28.4 Å². The number of carbonyl (C=O) groups is 7. The minimum Gasteiger partial charge on any atom is -0.466 e. The Morgan fingerprint density at radius 1 is 0.557 bits per heavy atom. The molecule has 2 fully saturated rings. The lowest BCUT2D eigenvalue weighted by Crippen LogP contribution is -2.50. The van der Waals surface area contributed by atoms with Crippen molar-refractivity contribution < 1.29 is 62.4 Å². The monoisotopic (exact) mass is 1100 g/mol. The van der Waals surface area contributed by atoms with Gasteiger partial charge in [-0.15, -0.1) is 0 Å². The van der Waals surface area contributed by atoms with Crippen molar-refractivity contribution in [3.63, 3.8) is 0 Å². The standard InChI is InChI=1S/C30H43N5O7.C25H35N5O5.CH4O/c1-19-23(26(36)40-6)25(24(20(2)32-19)27(37)41-7)21-10-8-11-22(18-21)33-28(38)31-12-9-13-34-14-16-35(17-15-34)29(39)42-30(3,4)5;1-16-20(23(31)34-3)22(21(17(2)28-16)24(32)35-4)18-7-5-8-19(15-18)29-25(33)27-9-6-12-30-13-10-26-11-14-30;1-2/h8,10-11,18,25,32H,9,12-17H2,1-7H3,(H2,31,33,38);5,7-8,15,22,26,28H,6,9-14H2,1-4H3,(H2,27,29,33);2H,1H3. The van der Waals surface area contributed by atoms with Crippen molar-refractivity contribution in [3.8, 4) is 0 Å². The number of benzene rings is 2. The Hall–Kier alpha value is -7.47. The zero-order valence-corrected chi connectivity index (χ0v) is 47.9. The van der Waals surface area contributed by atoms with Gasteiger partial charge in [-0.3, -0.25) is 4.90 Å². The zero-order chi connectivity index (χ0) is 58.4. The molecule has 4 aliphatic heterocycles. The predicted octanol–water partition coefficient (Wildman–Crippen LogP) is 4.62. The number of dihydropyridines is 2. The average molecular weight is 1100 g/mol. The molecule has 6 rings (SSSR count). The molecule has 8 N–H and O–H groups in total. The normalized spacial score (nSPS) is 16.4. The van der Waals surface area contributed by atoms with E-state index in [0.29, 0.717) is 82.6 Å². The summed E-state index contributed by atoms with van der Waals surface area (Å²) >= 11 is 0. The smallest absolute Gasteiger partial charge is 0.410 e. The fourth-order valence-electron chi connectivity index (χ4n) is 9.54. The number of esters is 4. The number of piperazine rings is 2. The first-order valence-corrected chi connectivity index (χ1v) is 26.3. The number of ether oxygens (including phenoxy) is 5. The van der Waals surface area contributed by atoms with E-state index in [1.54, 1.807) is 81.1 Å². The van der Waals surface area contributed by atoms with Gasteiger partial charge in [0.2, 0.25) is 0 Å². The lowest BCUT2D eigenvalue weighted by molar-refractivity contribution is -0.139. The highest BCUT2D eigenvalue weighted by atomic mass is 16.6. The Balaban J connectivity index is 0.000000335. The van der Waals surface area contributed by atoms with Crippen LogP contribution in [0, 0.1) is 0 Å². The number of allylic oxidation sites excluding steroid dienone is 4. The van der Waals surface area contributed by atoms with E-state index in [9.17, 15) is 33.6 Å². The molecule has 0 radical (unpaired) electrons. The third-order valence-electron chi connectivity index (χ3n) is 13.2. The SMILES string of the molecule is CO.COC(=O)C1=C(C)NC(C)=C(C(=O)OC)C1c1cccc(NC(=O)NCCCN2CCN(C(=O)OC(C)(C)C)CC2)c1.COC(=O)C1=C(C)NC(C)=C(C(=O)OC)C1c1cccc(NC(=O)NCCCN2CCNCC2)c1. The Morgan fingerprint density at radius 2 is 0.911 bits per heavy atom. The number of rotatable bonds is 16. The van der Waals surface area contributed by atoms with Crippen LogP contribution in [0.4, 0.5) is 25.8 Å². The lowest BCUT2D eigenvalue weighted by Gasteiger charge is -2.35. The van der Waals surface area contributed by atoms with Crippen LogP contribution in [0.1, 0.15) is 84.3 Å². The van der Waals surface area contributed by atoms with Gasteiger partial charge in [-0.1, -0.05) is 24.3 Å². The largest absolute Gasteiger partial charge is 0.466 e. The molecule has 2 aromatic rings. The molecule has 0 atom stereocenters. The van der Waals surface area contributed by atoms with E-state index in [4.69, 9.17) is 28.8 Å². The van der Waals surface area contributed by atoms with Crippen LogP contribution in [-0.2, 0) is 42.9 Å². The summed E-state index contributed by atoms with van der Waals surface area (Å²) in [5.41, 5.74) is 5.34. The lowest BCUT2D eigenvalue weighted by atomic mass is 9.80. The van der Waals surface area contributed by atoms with Gasteiger partial charge in [0.1, 0.15) is 5.60 Å². The molecule has 4 heterocycles. The molecule has 0 spiro atoms. The Bertz CT molecular complexity index is 2530. The number of amides is 5. The van der Waals surface area contributed by atoms with Gasteiger partial charge in [-0.2, -0.15) is 0 Å². The minimum absolute atomic E-state index is 0.287. The van der Waals surface area contributed by atoms with Crippen molar-refractivity contribution in [2.45, 2.75) is 78.7 Å². The molecule has 0 bridgehead atoms. The second kappa shape index (κ2) is 31.2. The van der Waals surface area contributed by atoms with Gasteiger partial charge in [-0.05, 0) is 110 Å². The van der Waals surface area contributed by atoms with Crippen LogP contribution in [0.5, 0.6) is 0 Å². The topological polar surface area (TPSA) is 280 Å². The van der Waals surface area contributed by atoms with Crippen molar-refractivity contribution in [2.24, 2.45) is 0 Å². The highest BCUT2D eigenvalue weighted by Crippen LogP contribution is 2.41. The first kappa shape index (κ1) is 64.1. The summed E-state index contributed by atoms with van der Waals surface area (Å²) in [4.78, 5) is 94.5. The van der Waals surface area contributed by atoms with Crippen LogP contribution < -0.4 is 37.2 Å². The molecule has 0 aromatic heterocycles. The van der Waals surface area contributed by atoms with Gasteiger partial charge in [-0.25, -0.2) is 33.6 Å². The number of carbonyl (C=O) groups excluding carboxylic acids is 7. The molecule has 2 saturated heterocycles. The average Bonchev–Trinajstić information content (AvgIpc) is 3.50. The van der Waals surface area contributed by atoms with E-state index in [-0.39, 0.29) is 29.3 Å². The summed E-state index contributed by atoms with van der Waals surface area (Å²) < 4.78 is 25.5. The maximum Gasteiger partial charge on any atom is 0.410 e. The van der Waals surface area contributed by atoms with Crippen LogP contribution in [0.2, 0.25) is 0 Å². The van der Waals surface area contributed by atoms with E-state index < -0.39 is 41.3 Å². The molecule has 5 amide bonds. The first-order valence-electron chi connectivity index (χ1n) is 26.3. The van der Waals surface area contributed by atoms with Crippen molar-refractivity contribution in [3.05, 3.63) is 105 Å². The number of hydrogen-bond acceptors (Lipinski definition) is 18. The number of hydrogen-bond donors (Lipinski definition) is 8. The van der Waals surface area contributed by atoms with Crippen molar-refractivity contribution in [1.29, 1.82) is 0 Å². The highest BCUT2D eigenvalue weighted by molar-refractivity contribution is 6.01. The summed E-state index contributed by atoms with van der Waals surface area (Å²) in [6, 6.07) is 13.4. The number of methoxy groups -OCH3 is 4. The predicted molar refractivity (Wildman–Crippen MR) is 298 cm³/mol. The molecule has 23 nitrogen and oxygen atoms in total. The minimum atomic E-state index is -0.744. The fraction of sp³-hybridized carbons (Fsp3) is 0.518. The number of anilines is 2. The highest BCUT2D eigenvalue weighted by Gasteiger charge is 2.39. The summed E-state index contributed by atoms with van der Waals surface area (Å²) in [6.07, 6.45) is 1.32. The van der Waals surface area contributed by atoms with Gasteiger partial charge in [0.05, 0.1) is 62.6 Å². The van der Waals surface area contributed by atoms with Gasteiger partial charge in [0, 0.05) is 107 Å². The van der Waals surface area contributed by atoms with E-state index in [0.717, 1.165) is 72.3 Å². The second-order valence-electron chi connectivity index (χ2n) is 19.9. The third kappa shape index (κ3) is 18.6. The Morgan fingerprint density at radius 3 is 1.25 bits per heavy atom. The third-order valence-corrected chi connectivity index (χ3v) is 13.2. The Kier molecular flexibility index (Phi) is 25.3. The van der Waals surface area contributed by atoms with Crippen LogP contribution >= 0.6 is 0 Å². The second-order valence-corrected chi connectivity index (χ2v) is 19.9. The Labute approximate surface area is 463 Å². The maximum atomic E-state index is 12.7. The quantitative estimate of drug-likeness (QED) is 0.0647. The van der Waals surface area contributed by atoms with Gasteiger partial charge in [0.25, 0.3) is 0 Å². The van der Waals surface area contributed by atoms with E-state index >= 15 is 0 Å². The molecule has 0 saturated carbocycles. The van der Waals surface area contributed by atoms with Crippen LogP contribution in [-0.4, -0.2) is 182 Å². The molecule has 434 valence electrons. The zero-order valence-electron chi connectivity index (χ0n) is 47.9. The fourth-order valence-corrected chi connectivity index (χ4v) is 9.54. The molecular weight excluding hydrogens is 1020 g/mol.